The van der Waals surface area contributed by atoms with E-state index in [1.165, 1.54) is 21.0 Å². The van der Waals surface area contributed by atoms with Crippen LogP contribution < -0.4 is 4.74 Å². The summed E-state index contributed by atoms with van der Waals surface area (Å²) in [4.78, 5) is 0. The summed E-state index contributed by atoms with van der Waals surface area (Å²) in [5.74, 6) is 2.45. The number of fused-ring (bicyclic) bond motifs is 5. The van der Waals surface area contributed by atoms with Crippen molar-refractivity contribution < 1.29 is 17.3 Å². The molecular formula is C39H43NO4S. The van der Waals surface area contributed by atoms with Crippen LogP contribution in [0.2, 0.25) is 0 Å². The molecule has 4 aromatic carbocycles. The Morgan fingerprint density at radius 3 is 2.02 bits per heavy atom. The lowest BCUT2D eigenvalue weighted by Gasteiger charge is -2.50. The smallest absolute Gasteiger partial charge is 0.339 e. The summed E-state index contributed by atoms with van der Waals surface area (Å²) in [6.45, 7) is 3.44. The van der Waals surface area contributed by atoms with Gasteiger partial charge < -0.3 is 4.74 Å². The van der Waals surface area contributed by atoms with Crippen LogP contribution >= 0.6 is 0 Å². The minimum Gasteiger partial charge on any atom is -0.489 e. The molecule has 6 heteroatoms. The summed E-state index contributed by atoms with van der Waals surface area (Å²) in [7, 11) is -3.98. The maximum atomic E-state index is 14.0. The van der Waals surface area contributed by atoms with Crippen LogP contribution in [0.1, 0.15) is 72.8 Å². The molecule has 0 spiro atoms. The van der Waals surface area contributed by atoms with Crippen molar-refractivity contribution >= 4 is 10.3 Å². The van der Waals surface area contributed by atoms with Gasteiger partial charge in [-0.15, -0.1) is 0 Å². The van der Waals surface area contributed by atoms with Crippen molar-refractivity contribution in [1.29, 1.82) is 0 Å². The lowest BCUT2D eigenvalue weighted by Crippen LogP contribution is -2.46. The Bertz CT molecular complexity index is 1650. The minimum absolute atomic E-state index is 0.157. The predicted octanol–water partition coefficient (Wildman–Crippen LogP) is 8.45. The molecule has 7 rings (SSSR count). The van der Waals surface area contributed by atoms with E-state index in [4.69, 9.17) is 8.92 Å². The van der Waals surface area contributed by atoms with E-state index in [9.17, 15) is 8.42 Å². The third-order valence-electron chi connectivity index (χ3n) is 10.8. The Kier molecular flexibility index (Phi) is 8.56. The second-order valence-electron chi connectivity index (χ2n) is 13.5. The van der Waals surface area contributed by atoms with Crippen molar-refractivity contribution in [1.82, 2.24) is 4.31 Å². The molecule has 3 aliphatic carbocycles. The van der Waals surface area contributed by atoms with Gasteiger partial charge in [0.25, 0.3) is 0 Å². The average Bonchev–Trinajstić information content (AvgIpc) is 3.39. The van der Waals surface area contributed by atoms with Gasteiger partial charge in [0.05, 0.1) is 6.10 Å². The molecule has 0 radical (unpaired) electrons. The van der Waals surface area contributed by atoms with Gasteiger partial charge >= 0.3 is 10.3 Å². The van der Waals surface area contributed by atoms with E-state index in [1.54, 1.807) is 0 Å². The van der Waals surface area contributed by atoms with Crippen molar-refractivity contribution in [2.45, 2.75) is 77.2 Å². The van der Waals surface area contributed by atoms with Crippen molar-refractivity contribution in [3.63, 3.8) is 0 Å². The van der Waals surface area contributed by atoms with E-state index in [2.05, 4.69) is 37.3 Å². The summed E-state index contributed by atoms with van der Waals surface area (Å²) in [6.07, 6.45) is 5.70. The number of aryl methyl sites for hydroxylation is 1. The van der Waals surface area contributed by atoms with Crippen LogP contribution in [0.15, 0.2) is 109 Å². The topological polar surface area (TPSA) is 55.8 Å². The van der Waals surface area contributed by atoms with Gasteiger partial charge in [0.1, 0.15) is 12.4 Å². The van der Waals surface area contributed by atoms with E-state index >= 15 is 0 Å². The molecule has 0 aliphatic heterocycles. The molecule has 0 bridgehead atoms. The van der Waals surface area contributed by atoms with E-state index in [0.29, 0.717) is 24.4 Å². The highest BCUT2D eigenvalue weighted by Gasteiger charge is 2.56. The number of rotatable bonds is 10. The Hall–Kier alpha value is -3.45. The first kappa shape index (κ1) is 30.2. The Morgan fingerprint density at radius 1 is 0.756 bits per heavy atom. The third kappa shape index (κ3) is 6.33. The monoisotopic (exact) mass is 621 g/mol. The van der Waals surface area contributed by atoms with Crippen molar-refractivity contribution in [3.05, 3.63) is 137 Å². The second kappa shape index (κ2) is 12.7. The molecule has 0 N–H and O–H groups in total. The normalized spacial score (nSPS) is 25.7. The molecule has 5 nitrogen and oxygen atoms in total. The summed E-state index contributed by atoms with van der Waals surface area (Å²) in [5.41, 5.74) is 5.79. The van der Waals surface area contributed by atoms with Crippen LogP contribution in [0.3, 0.4) is 0 Å². The Morgan fingerprint density at radius 2 is 1.38 bits per heavy atom. The quantitative estimate of drug-likeness (QED) is 0.178. The van der Waals surface area contributed by atoms with Gasteiger partial charge in [0, 0.05) is 13.1 Å². The highest BCUT2D eigenvalue weighted by atomic mass is 32.2. The summed E-state index contributed by atoms with van der Waals surface area (Å²) in [6, 6.07) is 36.6. The molecule has 0 aromatic heterocycles. The lowest BCUT2D eigenvalue weighted by atomic mass is 9.55. The summed E-state index contributed by atoms with van der Waals surface area (Å²) < 4.78 is 42.0. The van der Waals surface area contributed by atoms with Crippen LogP contribution in [-0.4, -0.2) is 18.8 Å². The molecule has 3 unspecified atom stereocenters. The van der Waals surface area contributed by atoms with Gasteiger partial charge in [0.15, 0.2) is 0 Å². The summed E-state index contributed by atoms with van der Waals surface area (Å²) in [5, 5.41) is 0. The fourth-order valence-corrected chi connectivity index (χ4v) is 9.84. The fourth-order valence-electron chi connectivity index (χ4n) is 8.50. The van der Waals surface area contributed by atoms with E-state index in [1.807, 2.05) is 78.9 Å². The molecule has 2 fully saturated rings. The molecule has 234 valence electrons. The van der Waals surface area contributed by atoms with Crippen LogP contribution in [0.25, 0.3) is 0 Å². The number of hydrogen-bond donors (Lipinski definition) is 0. The fraction of sp³-hybridized carbons (Fsp3) is 0.385. The van der Waals surface area contributed by atoms with E-state index in [-0.39, 0.29) is 24.6 Å². The molecule has 2 saturated carbocycles. The zero-order valence-electron chi connectivity index (χ0n) is 26.1. The Balaban J connectivity index is 1.06. The van der Waals surface area contributed by atoms with Crippen LogP contribution in [0.5, 0.6) is 5.75 Å². The number of benzene rings is 4. The number of nitrogens with zero attached hydrogens (tertiary/aromatic N) is 1. The van der Waals surface area contributed by atoms with Crippen molar-refractivity contribution in [3.8, 4) is 5.75 Å². The van der Waals surface area contributed by atoms with Gasteiger partial charge in [0.2, 0.25) is 0 Å². The standard InChI is InChI=1S/C39H43NO4S/c1-39-24-23-35-34-20-18-33(43-28-31-15-9-4-10-16-31)25-32(34)17-19-36(35)37(39)21-22-38(39)44-45(41,42)40(26-29-11-5-2-6-12-29)27-30-13-7-3-8-14-30/h2-16,18,20,25,35-38H,17,19,21-24,26-28H2,1H3/t35?,36?,37?,38-,39+/m1/s1. The van der Waals surface area contributed by atoms with Crippen LogP contribution in [-0.2, 0) is 40.6 Å². The summed E-state index contributed by atoms with van der Waals surface area (Å²) >= 11 is 0. The molecule has 45 heavy (non-hydrogen) atoms. The maximum absolute atomic E-state index is 14.0. The number of hydrogen-bond acceptors (Lipinski definition) is 4. The second-order valence-corrected chi connectivity index (χ2v) is 15.0. The van der Waals surface area contributed by atoms with Crippen molar-refractivity contribution in [2.75, 3.05) is 0 Å². The first-order valence-corrected chi connectivity index (χ1v) is 17.8. The molecule has 0 saturated heterocycles. The predicted molar refractivity (Wildman–Crippen MR) is 178 cm³/mol. The van der Waals surface area contributed by atoms with E-state index < -0.39 is 10.3 Å². The molecule has 0 amide bonds. The highest BCUT2D eigenvalue weighted by molar-refractivity contribution is 7.84. The molecule has 4 aromatic rings. The third-order valence-corrected chi connectivity index (χ3v) is 12.2. The van der Waals surface area contributed by atoms with Crippen LogP contribution in [0.4, 0.5) is 0 Å². The SMILES string of the molecule is C[C@]12CCC3c4ccc(OCc5ccccc5)cc4CCC3C1CC[C@H]2OS(=O)(=O)N(Cc1ccccc1)Cc1ccccc1. The average molecular weight is 622 g/mol. The first-order valence-electron chi connectivity index (χ1n) is 16.4. The number of ether oxygens (including phenoxy) is 1. The van der Waals surface area contributed by atoms with Gasteiger partial charge in [-0.2, -0.15) is 12.7 Å². The largest absolute Gasteiger partial charge is 0.489 e. The maximum Gasteiger partial charge on any atom is 0.339 e. The molecule has 3 aliphatic rings. The van der Waals surface area contributed by atoms with Gasteiger partial charge in [-0.3, -0.25) is 4.18 Å². The Labute approximate surface area is 268 Å². The van der Waals surface area contributed by atoms with Gasteiger partial charge in [-0.25, -0.2) is 0 Å². The molecule has 0 heterocycles. The molecular weight excluding hydrogens is 578 g/mol. The highest BCUT2D eigenvalue weighted by Crippen LogP contribution is 2.62. The first-order chi connectivity index (χ1) is 21.9. The zero-order valence-corrected chi connectivity index (χ0v) is 26.9. The molecule has 5 atom stereocenters. The minimum atomic E-state index is -3.98. The van der Waals surface area contributed by atoms with Gasteiger partial charge in [-0.1, -0.05) is 104 Å². The lowest BCUT2D eigenvalue weighted by molar-refractivity contribution is -0.0114. The zero-order chi connectivity index (χ0) is 30.9. The van der Waals surface area contributed by atoms with Crippen molar-refractivity contribution in [2.24, 2.45) is 17.3 Å². The van der Waals surface area contributed by atoms with Gasteiger partial charge in [-0.05, 0) is 102 Å². The van der Waals surface area contributed by atoms with Crippen LogP contribution in [0, 0.1) is 17.3 Å². The van der Waals surface area contributed by atoms with E-state index in [0.717, 1.165) is 55.4 Å².